The zero-order chi connectivity index (χ0) is 21.4. The Bertz CT molecular complexity index is 937. The topological polar surface area (TPSA) is 99.0 Å². The van der Waals surface area contributed by atoms with E-state index in [0.717, 1.165) is 0 Å². The van der Waals surface area contributed by atoms with Crippen molar-refractivity contribution in [2.45, 2.75) is 6.92 Å². The van der Waals surface area contributed by atoms with Gasteiger partial charge in [0.25, 0.3) is 11.6 Å². The van der Waals surface area contributed by atoms with Crippen LogP contribution in [0.2, 0.25) is 0 Å². The number of carbonyl (C=O) groups is 2. The molecule has 0 fully saturated rings. The van der Waals surface area contributed by atoms with Crippen molar-refractivity contribution in [3.8, 4) is 11.5 Å². The second-order valence-electron chi connectivity index (χ2n) is 6.19. The number of hydrogen-bond donors (Lipinski definition) is 0. The molecule has 0 bridgehead atoms. The summed E-state index contributed by atoms with van der Waals surface area (Å²) in [7, 11) is 3.27. The van der Waals surface area contributed by atoms with E-state index in [9.17, 15) is 19.7 Å². The number of carbonyl (C=O) groups excluding carboxylic acids is 2. The summed E-state index contributed by atoms with van der Waals surface area (Å²) in [6.07, 6.45) is 2.81. The molecule has 2 aromatic rings. The van der Waals surface area contributed by atoms with Crippen molar-refractivity contribution in [1.82, 2.24) is 4.90 Å². The predicted molar refractivity (Wildman–Crippen MR) is 108 cm³/mol. The molecule has 0 heterocycles. The van der Waals surface area contributed by atoms with Crippen LogP contribution < -0.4 is 9.47 Å². The molecule has 0 aliphatic heterocycles. The summed E-state index contributed by atoms with van der Waals surface area (Å²) in [5.41, 5.74) is 0.416. The van der Waals surface area contributed by atoms with E-state index in [0.29, 0.717) is 23.7 Å². The van der Waals surface area contributed by atoms with E-state index in [1.54, 1.807) is 38.4 Å². The molecule has 0 saturated carbocycles. The molecule has 8 heteroatoms. The van der Waals surface area contributed by atoms with Gasteiger partial charge >= 0.3 is 0 Å². The lowest BCUT2D eigenvalue weighted by Gasteiger charge is -2.14. The molecule has 0 N–H and O–H groups in total. The minimum absolute atomic E-state index is 0.0148. The van der Waals surface area contributed by atoms with Gasteiger partial charge in [-0.2, -0.15) is 0 Å². The van der Waals surface area contributed by atoms with Crippen LogP contribution in [-0.4, -0.2) is 48.8 Å². The SMILES string of the molecule is CCOc1cc(/C=C/C(=O)c2ccccc2[N+](=O)[O-])ccc1OCC(=O)N(C)C. The molecule has 0 aliphatic rings. The smallest absolute Gasteiger partial charge is 0.280 e. The molecular weight excluding hydrogens is 376 g/mol. The molecule has 29 heavy (non-hydrogen) atoms. The second-order valence-corrected chi connectivity index (χ2v) is 6.19. The highest BCUT2D eigenvalue weighted by molar-refractivity contribution is 6.09. The fraction of sp³-hybridized carbons (Fsp3) is 0.238. The van der Waals surface area contributed by atoms with Crippen LogP contribution >= 0.6 is 0 Å². The van der Waals surface area contributed by atoms with Crippen LogP contribution in [0.15, 0.2) is 48.5 Å². The number of benzene rings is 2. The summed E-state index contributed by atoms with van der Waals surface area (Å²) < 4.78 is 11.1. The second kappa shape index (κ2) is 10.0. The number of rotatable bonds is 9. The lowest BCUT2D eigenvalue weighted by molar-refractivity contribution is -0.385. The molecular formula is C21H22N2O6. The number of nitrogens with zero attached hydrogens (tertiary/aromatic N) is 2. The summed E-state index contributed by atoms with van der Waals surface area (Å²) in [5, 5.41) is 11.1. The Hall–Kier alpha value is -3.68. The highest BCUT2D eigenvalue weighted by Crippen LogP contribution is 2.29. The fourth-order valence-electron chi connectivity index (χ4n) is 2.39. The van der Waals surface area contributed by atoms with Crippen LogP contribution in [0, 0.1) is 10.1 Å². The molecule has 0 aromatic heterocycles. The number of para-hydroxylation sites is 1. The van der Waals surface area contributed by atoms with E-state index in [-0.39, 0.29) is 23.8 Å². The van der Waals surface area contributed by atoms with Gasteiger partial charge in [0.2, 0.25) is 0 Å². The lowest BCUT2D eigenvalue weighted by atomic mass is 10.1. The van der Waals surface area contributed by atoms with Crippen molar-refractivity contribution in [2.24, 2.45) is 0 Å². The molecule has 0 atom stereocenters. The van der Waals surface area contributed by atoms with Gasteiger partial charge in [-0.05, 0) is 36.8 Å². The molecule has 0 saturated heterocycles. The van der Waals surface area contributed by atoms with E-state index in [2.05, 4.69) is 0 Å². The summed E-state index contributed by atoms with van der Waals surface area (Å²) in [6.45, 7) is 2.08. The van der Waals surface area contributed by atoms with Crippen LogP contribution in [0.25, 0.3) is 6.08 Å². The van der Waals surface area contributed by atoms with Gasteiger partial charge in [-0.25, -0.2) is 0 Å². The van der Waals surface area contributed by atoms with Crippen molar-refractivity contribution >= 4 is 23.5 Å². The van der Waals surface area contributed by atoms with E-state index in [4.69, 9.17) is 9.47 Å². The van der Waals surface area contributed by atoms with Gasteiger partial charge in [0.15, 0.2) is 23.9 Å². The number of ketones is 1. The Balaban J connectivity index is 2.20. The van der Waals surface area contributed by atoms with Crippen LogP contribution in [0.1, 0.15) is 22.8 Å². The Labute approximate surface area is 168 Å². The average molecular weight is 398 g/mol. The summed E-state index contributed by atoms with van der Waals surface area (Å²) in [5.74, 6) is 0.169. The van der Waals surface area contributed by atoms with Crippen LogP contribution in [0.3, 0.4) is 0 Å². The number of amides is 1. The molecule has 0 radical (unpaired) electrons. The van der Waals surface area contributed by atoms with Gasteiger partial charge in [-0.3, -0.25) is 19.7 Å². The first-order chi connectivity index (χ1) is 13.8. The monoisotopic (exact) mass is 398 g/mol. The standard InChI is InChI=1S/C21H22N2O6/c1-4-28-20-13-15(10-12-19(20)29-14-21(25)22(2)3)9-11-18(24)16-7-5-6-8-17(16)23(26)27/h5-13H,4,14H2,1-3H3/b11-9+. The number of likely N-dealkylation sites (N-methyl/N-ethyl adjacent to an activating group) is 1. The number of allylic oxidation sites excluding steroid dienone is 1. The van der Waals surface area contributed by atoms with E-state index in [1.807, 2.05) is 6.92 Å². The minimum atomic E-state index is -0.588. The van der Waals surface area contributed by atoms with E-state index >= 15 is 0 Å². The zero-order valence-electron chi connectivity index (χ0n) is 16.5. The molecule has 2 aromatic carbocycles. The van der Waals surface area contributed by atoms with Gasteiger partial charge < -0.3 is 14.4 Å². The Morgan fingerprint density at radius 1 is 1.10 bits per heavy atom. The molecule has 1 amide bonds. The first-order valence-corrected chi connectivity index (χ1v) is 8.89. The number of nitro groups is 1. The molecule has 0 unspecified atom stereocenters. The maximum atomic E-state index is 12.4. The quantitative estimate of drug-likeness (QED) is 0.278. The van der Waals surface area contributed by atoms with Gasteiger partial charge in [0.05, 0.1) is 17.1 Å². The van der Waals surface area contributed by atoms with Gasteiger partial charge in [-0.15, -0.1) is 0 Å². The number of hydrogen-bond acceptors (Lipinski definition) is 6. The molecule has 0 spiro atoms. The molecule has 0 aliphatic carbocycles. The molecule has 152 valence electrons. The van der Waals surface area contributed by atoms with Crippen molar-refractivity contribution in [3.05, 3.63) is 69.8 Å². The zero-order valence-corrected chi connectivity index (χ0v) is 16.5. The third-order valence-electron chi connectivity index (χ3n) is 3.91. The van der Waals surface area contributed by atoms with Gasteiger partial charge in [0, 0.05) is 20.2 Å². The Morgan fingerprint density at radius 2 is 1.83 bits per heavy atom. The van der Waals surface area contributed by atoms with Crippen molar-refractivity contribution in [3.63, 3.8) is 0 Å². The third-order valence-corrected chi connectivity index (χ3v) is 3.91. The summed E-state index contributed by atoms with van der Waals surface area (Å²) in [4.78, 5) is 36.0. The number of ether oxygens (including phenoxy) is 2. The third kappa shape index (κ3) is 5.90. The molecule has 2 rings (SSSR count). The van der Waals surface area contributed by atoms with Crippen molar-refractivity contribution < 1.29 is 24.0 Å². The van der Waals surface area contributed by atoms with Crippen LogP contribution in [0.4, 0.5) is 5.69 Å². The first kappa shape index (κ1) is 21.6. The minimum Gasteiger partial charge on any atom is -0.490 e. The van der Waals surface area contributed by atoms with Crippen molar-refractivity contribution in [1.29, 1.82) is 0 Å². The normalized spacial score (nSPS) is 10.6. The van der Waals surface area contributed by atoms with Crippen LogP contribution in [-0.2, 0) is 4.79 Å². The predicted octanol–water partition coefficient (Wildman–Crippen LogP) is 3.36. The van der Waals surface area contributed by atoms with Crippen LogP contribution in [0.5, 0.6) is 11.5 Å². The Kier molecular flexibility index (Phi) is 7.47. The fourth-order valence-corrected chi connectivity index (χ4v) is 2.39. The van der Waals surface area contributed by atoms with Gasteiger partial charge in [0.1, 0.15) is 0 Å². The maximum absolute atomic E-state index is 12.4. The molecule has 8 nitrogen and oxygen atoms in total. The van der Waals surface area contributed by atoms with E-state index < -0.39 is 10.7 Å². The maximum Gasteiger partial charge on any atom is 0.280 e. The largest absolute Gasteiger partial charge is 0.490 e. The number of nitro benzene ring substituents is 1. The highest BCUT2D eigenvalue weighted by atomic mass is 16.6. The summed E-state index contributed by atoms with van der Waals surface area (Å²) in [6, 6.07) is 10.8. The Morgan fingerprint density at radius 3 is 2.48 bits per heavy atom. The van der Waals surface area contributed by atoms with E-state index in [1.165, 1.54) is 35.3 Å². The van der Waals surface area contributed by atoms with Gasteiger partial charge in [-0.1, -0.05) is 24.3 Å². The summed E-state index contributed by atoms with van der Waals surface area (Å²) >= 11 is 0. The average Bonchev–Trinajstić information content (AvgIpc) is 2.71. The first-order valence-electron chi connectivity index (χ1n) is 8.89. The van der Waals surface area contributed by atoms with Crippen molar-refractivity contribution in [2.75, 3.05) is 27.3 Å². The highest BCUT2D eigenvalue weighted by Gasteiger charge is 2.17. The lowest BCUT2D eigenvalue weighted by Crippen LogP contribution is -2.27.